The maximum atomic E-state index is 12.5. The molecule has 0 unspecified atom stereocenters. The van der Waals surface area contributed by atoms with Gasteiger partial charge in [0, 0.05) is 10.0 Å². The quantitative estimate of drug-likeness (QED) is 0.672. The Hall–Kier alpha value is -1.69. The average Bonchev–Trinajstić information content (AvgIpc) is 3.00. The number of nitrogens with one attached hydrogen (secondary N) is 1. The lowest BCUT2D eigenvalue weighted by molar-refractivity contribution is -0.130. The lowest BCUT2D eigenvalue weighted by Crippen LogP contribution is -2.44. The molecule has 1 aromatic rings. The van der Waals surface area contributed by atoms with Gasteiger partial charge in [0.1, 0.15) is 5.54 Å². The number of nitrogens with zero attached hydrogens (tertiary/aromatic N) is 1. The highest BCUT2D eigenvalue weighted by atomic mass is 79.9. The van der Waals surface area contributed by atoms with Crippen LogP contribution in [0.15, 0.2) is 28.7 Å². The number of halogens is 1. The van der Waals surface area contributed by atoms with Crippen molar-refractivity contribution in [2.45, 2.75) is 31.2 Å². The summed E-state index contributed by atoms with van der Waals surface area (Å²) in [5.74, 6) is -0.497. The number of carbonyl (C=O) groups is 3. The highest BCUT2D eigenvalue weighted by Gasteiger charge is 2.52. The molecule has 1 aromatic carbocycles. The van der Waals surface area contributed by atoms with Crippen molar-refractivity contribution in [2.24, 2.45) is 0 Å². The van der Waals surface area contributed by atoms with Crippen LogP contribution in [0.1, 0.15) is 36.0 Å². The molecule has 1 aliphatic heterocycles. The number of urea groups is 1. The summed E-state index contributed by atoms with van der Waals surface area (Å²) in [6, 6.07) is 6.48. The summed E-state index contributed by atoms with van der Waals surface area (Å²) in [7, 11) is 0. The topological polar surface area (TPSA) is 66.5 Å². The molecule has 0 atom stereocenters. The van der Waals surface area contributed by atoms with Gasteiger partial charge < -0.3 is 5.32 Å². The fourth-order valence-electron chi connectivity index (χ4n) is 3.03. The number of imide groups is 1. The molecule has 1 saturated carbocycles. The fourth-order valence-corrected chi connectivity index (χ4v) is 3.43. The Morgan fingerprint density at radius 1 is 1.29 bits per heavy atom. The fraction of sp³-hybridized carbons (Fsp3) is 0.400. The standard InChI is InChI=1S/C15H15BrN2O3/c16-11-5-3-4-10(8-11)12(19)9-18-13(20)15(17-14(18)21)6-1-2-7-15/h3-5,8H,1-2,6-7,9H2,(H,17,21). The van der Waals surface area contributed by atoms with Gasteiger partial charge in [-0.15, -0.1) is 0 Å². The minimum Gasteiger partial charge on any atom is -0.323 e. The van der Waals surface area contributed by atoms with Gasteiger partial charge in [0.15, 0.2) is 5.78 Å². The van der Waals surface area contributed by atoms with Crippen LogP contribution in [0.3, 0.4) is 0 Å². The van der Waals surface area contributed by atoms with E-state index in [0.29, 0.717) is 18.4 Å². The molecule has 0 bridgehead atoms. The zero-order valence-electron chi connectivity index (χ0n) is 11.4. The van der Waals surface area contributed by atoms with Crippen LogP contribution < -0.4 is 5.32 Å². The molecule has 110 valence electrons. The van der Waals surface area contributed by atoms with E-state index < -0.39 is 11.6 Å². The van der Waals surface area contributed by atoms with Crippen LogP contribution in [0.25, 0.3) is 0 Å². The second-order valence-electron chi connectivity index (χ2n) is 5.54. The molecule has 2 aliphatic rings. The molecule has 0 aromatic heterocycles. The van der Waals surface area contributed by atoms with Gasteiger partial charge in [-0.2, -0.15) is 0 Å². The van der Waals surface area contributed by atoms with Gasteiger partial charge in [0.25, 0.3) is 5.91 Å². The first-order chi connectivity index (χ1) is 10.0. The number of rotatable bonds is 3. The largest absolute Gasteiger partial charge is 0.325 e. The molecular weight excluding hydrogens is 336 g/mol. The van der Waals surface area contributed by atoms with Crippen molar-refractivity contribution in [3.05, 3.63) is 34.3 Å². The van der Waals surface area contributed by atoms with Crippen LogP contribution in [0.5, 0.6) is 0 Å². The second kappa shape index (κ2) is 5.26. The van der Waals surface area contributed by atoms with Gasteiger partial charge in [-0.3, -0.25) is 14.5 Å². The van der Waals surface area contributed by atoms with Crippen molar-refractivity contribution < 1.29 is 14.4 Å². The van der Waals surface area contributed by atoms with Gasteiger partial charge in [-0.25, -0.2) is 4.79 Å². The normalized spacial score (nSPS) is 20.1. The van der Waals surface area contributed by atoms with E-state index in [2.05, 4.69) is 21.2 Å². The van der Waals surface area contributed by atoms with E-state index in [1.807, 2.05) is 6.07 Å². The van der Waals surface area contributed by atoms with Crippen LogP contribution in [-0.4, -0.2) is 34.7 Å². The van der Waals surface area contributed by atoms with Crippen molar-refractivity contribution in [3.8, 4) is 0 Å². The summed E-state index contributed by atoms with van der Waals surface area (Å²) in [6.45, 7) is -0.205. The maximum Gasteiger partial charge on any atom is 0.325 e. The van der Waals surface area contributed by atoms with Crippen molar-refractivity contribution in [1.29, 1.82) is 0 Å². The van der Waals surface area contributed by atoms with Crippen molar-refractivity contribution in [1.82, 2.24) is 10.2 Å². The first-order valence-corrected chi connectivity index (χ1v) is 7.74. The Morgan fingerprint density at radius 2 is 2.00 bits per heavy atom. The molecule has 6 heteroatoms. The third kappa shape index (κ3) is 2.48. The molecule has 3 amide bonds. The first-order valence-electron chi connectivity index (χ1n) is 6.95. The third-order valence-corrected chi connectivity index (χ3v) is 4.64. The molecule has 5 nitrogen and oxygen atoms in total. The Kier molecular flexibility index (Phi) is 3.57. The van der Waals surface area contributed by atoms with E-state index in [1.54, 1.807) is 18.2 Å². The smallest absolute Gasteiger partial charge is 0.323 e. The summed E-state index contributed by atoms with van der Waals surface area (Å²) in [5.41, 5.74) is -0.272. The number of ketones is 1. The predicted molar refractivity (Wildman–Crippen MR) is 79.9 cm³/mol. The monoisotopic (exact) mass is 350 g/mol. The van der Waals surface area contributed by atoms with E-state index in [-0.39, 0.29) is 18.2 Å². The van der Waals surface area contributed by atoms with Crippen LogP contribution in [0, 0.1) is 0 Å². The number of hydrogen-bond donors (Lipinski definition) is 1. The number of benzene rings is 1. The molecule has 0 radical (unpaired) electrons. The van der Waals surface area contributed by atoms with Crippen LogP contribution in [-0.2, 0) is 4.79 Å². The Morgan fingerprint density at radius 3 is 2.67 bits per heavy atom. The number of carbonyl (C=O) groups excluding carboxylic acids is 3. The van der Waals surface area contributed by atoms with Gasteiger partial charge >= 0.3 is 6.03 Å². The molecule has 1 saturated heterocycles. The Bertz CT molecular complexity index is 623. The molecule has 1 N–H and O–H groups in total. The Balaban J connectivity index is 1.77. The molecule has 1 aliphatic carbocycles. The molecule has 1 heterocycles. The lowest BCUT2D eigenvalue weighted by atomic mass is 9.98. The lowest BCUT2D eigenvalue weighted by Gasteiger charge is -2.19. The van der Waals surface area contributed by atoms with Gasteiger partial charge in [0.2, 0.25) is 0 Å². The minimum atomic E-state index is -0.755. The van der Waals surface area contributed by atoms with E-state index in [0.717, 1.165) is 22.2 Å². The summed E-state index contributed by atoms with van der Waals surface area (Å²) in [6.07, 6.45) is 3.19. The van der Waals surface area contributed by atoms with E-state index >= 15 is 0 Å². The second-order valence-corrected chi connectivity index (χ2v) is 6.46. The van der Waals surface area contributed by atoms with Crippen molar-refractivity contribution in [3.63, 3.8) is 0 Å². The van der Waals surface area contributed by atoms with Gasteiger partial charge in [-0.1, -0.05) is 40.9 Å². The van der Waals surface area contributed by atoms with Crippen molar-refractivity contribution >= 4 is 33.7 Å². The van der Waals surface area contributed by atoms with E-state index in [9.17, 15) is 14.4 Å². The number of amides is 3. The van der Waals surface area contributed by atoms with Crippen LogP contribution in [0.4, 0.5) is 4.79 Å². The molecular formula is C15H15BrN2O3. The average molecular weight is 351 g/mol. The minimum absolute atomic E-state index is 0.205. The third-order valence-electron chi connectivity index (χ3n) is 4.15. The molecule has 1 spiro atoms. The molecule has 21 heavy (non-hydrogen) atoms. The van der Waals surface area contributed by atoms with Gasteiger partial charge in [0.05, 0.1) is 6.54 Å². The molecule has 3 rings (SSSR count). The van der Waals surface area contributed by atoms with Crippen molar-refractivity contribution in [2.75, 3.05) is 6.54 Å². The van der Waals surface area contributed by atoms with E-state index in [4.69, 9.17) is 0 Å². The van der Waals surface area contributed by atoms with Crippen LogP contribution in [0.2, 0.25) is 0 Å². The highest BCUT2D eigenvalue weighted by molar-refractivity contribution is 9.10. The zero-order valence-corrected chi connectivity index (χ0v) is 13.0. The molecule has 2 fully saturated rings. The SMILES string of the molecule is O=C(CN1C(=O)NC2(CCCC2)C1=O)c1cccc(Br)c1. The van der Waals surface area contributed by atoms with Crippen LogP contribution >= 0.6 is 15.9 Å². The number of hydrogen-bond acceptors (Lipinski definition) is 3. The summed E-state index contributed by atoms with van der Waals surface area (Å²) in [4.78, 5) is 37.8. The van der Waals surface area contributed by atoms with Gasteiger partial charge in [-0.05, 0) is 25.0 Å². The number of Topliss-reactive ketones (excluding diaryl/α,β-unsaturated/α-hetero) is 1. The summed E-state index contributed by atoms with van der Waals surface area (Å²) in [5, 5.41) is 2.77. The zero-order chi connectivity index (χ0) is 15.0. The highest BCUT2D eigenvalue weighted by Crippen LogP contribution is 2.35. The maximum absolute atomic E-state index is 12.5. The predicted octanol–water partition coefficient (Wildman–Crippen LogP) is 2.50. The van der Waals surface area contributed by atoms with E-state index in [1.165, 1.54) is 0 Å². The summed E-state index contributed by atoms with van der Waals surface area (Å²) >= 11 is 3.30. The first kappa shape index (κ1) is 14.3. The summed E-state index contributed by atoms with van der Waals surface area (Å²) < 4.78 is 0.790. The Labute approximate surface area is 130 Å².